The predicted molar refractivity (Wildman–Crippen MR) is 80.3 cm³/mol. The van der Waals surface area contributed by atoms with Crippen LogP contribution in [0.2, 0.25) is 0 Å². The van der Waals surface area contributed by atoms with Gasteiger partial charge in [-0.05, 0) is 25.7 Å². The molecule has 6 heteroatoms. The summed E-state index contributed by atoms with van der Waals surface area (Å²) in [5, 5.41) is 15.2. The number of nitrogens with one attached hydrogen (secondary N) is 1. The summed E-state index contributed by atoms with van der Waals surface area (Å²) < 4.78 is 5.60. The molecule has 5 nitrogen and oxygen atoms in total. The number of aliphatic hydroxyl groups is 1. The van der Waals surface area contributed by atoms with E-state index in [9.17, 15) is 9.90 Å². The minimum Gasteiger partial charge on any atom is -0.396 e. The van der Waals surface area contributed by atoms with E-state index in [1.165, 1.54) is 11.3 Å². The quantitative estimate of drug-likeness (QED) is 0.895. The van der Waals surface area contributed by atoms with Crippen LogP contribution in [-0.4, -0.2) is 35.3 Å². The van der Waals surface area contributed by atoms with Gasteiger partial charge < -0.3 is 15.2 Å². The number of carbonyl (C=O) groups excluding carboxylic acids is 1. The maximum Gasteiger partial charge on any atom is 0.270 e. The van der Waals surface area contributed by atoms with Crippen molar-refractivity contribution in [3.05, 3.63) is 16.1 Å². The van der Waals surface area contributed by atoms with Crippen molar-refractivity contribution in [2.24, 2.45) is 5.92 Å². The van der Waals surface area contributed by atoms with Crippen molar-refractivity contribution in [3.63, 3.8) is 0 Å². The Hall–Kier alpha value is -0.980. The van der Waals surface area contributed by atoms with E-state index >= 15 is 0 Å². The van der Waals surface area contributed by atoms with Crippen molar-refractivity contribution < 1.29 is 14.6 Å². The van der Waals surface area contributed by atoms with E-state index in [1.807, 2.05) is 5.38 Å². The molecular formula is C15H22N2O3S. The molecule has 3 rings (SSSR count). The molecule has 0 radical (unpaired) electrons. The Balaban J connectivity index is 1.62. The molecule has 0 spiro atoms. The number of ether oxygens (including phenoxy) is 1. The smallest absolute Gasteiger partial charge is 0.270 e. The van der Waals surface area contributed by atoms with Gasteiger partial charge in [-0.25, -0.2) is 4.98 Å². The first-order chi connectivity index (χ1) is 10.3. The van der Waals surface area contributed by atoms with Crippen LogP contribution in [0.4, 0.5) is 0 Å². The van der Waals surface area contributed by atoms with E-state index in [2.05, 4.69) is 10.3 Å². The normalized spacial score (nSPS) is 29.5. The Labute approximate surface area is 128 Å². The molecule has 1 aliphatic carbocycles. The number of rotatable bonds is 4. The van der Waals surface area contributed by atoms with Gasteiger partial charge in [-0.1, -0.05) is 12.8 Å². The zero-order chi connectivity index (χ0) is 14.7. The van der Waals surface area contributed by atoms with Gasteiger partial charge in [0, 0.05) is 30.6 Å². The summed E-state index contributed by atoms with van der Waals surface area (Å²) in [5.41, 5.74) is 0.479. The Morgan fingerprint density at radius 1 is 1.38 bits per heavy atom. The summed E-state index contributed by atoms with van der Waals surface area (Å²) in [7, 11) is 0. The van der Waals surface area contributed by atoms with E-state index in [0.29, 0.717) is 5.69 Å². The van der Waals surface area contributed by atoms with Crippen molar-refractivity contribution in [2.45, 2.75) is 50.7 Å². The summed E-state index contributed by atoms with van der Waals surface area (Å²) in [6.07, 6.45) is 6.29. The average molecular weight is 310 g/mol. The zero-order valence-corrected chi connectivity index (χ0v) is 12.9. The van der Waals surface area contributed by atoms with Crippen molar-refractivity contribution in [1.82, 2.24) is 10.3 Å². The monoisotopic (exact) mass is 310 g/mol. The first-order valence-electron chi connectivity index (χ1n) is 7.76. The Morgan fingerprint density at radius 2 is 2.24 bits per heavy atom. The molecule has 1 aromatic rings. The molecule has 116 valence electrons. The lowest BCUT2D eigenvalue weighted by molar-refractivity contribution is 0.0866. The summed E-state index contributed by atoms with van der Waals surface area (Å²) in [6.45, 7) is 0.926. The van der Waals surface area contributed by atoms with Crippen LogP contribution in [0.1, 0.15) is 60.1 Å². The second-order valence-corrected chi connectivity index (χ2v) is 6.77. The minimum atomic E-state index is -0.124. The van der Waals surface area contributed by atoms with E-state index in [4.69, 9.17) is 4.74 Å². The second-order valence-electron chi connectivity index (χ2n) is 5.88. The van der Waals surface area contributed by atoms with Gasteiger partial charge in [-0.2, -0.15) is 0 Å². The highest BCUT2D eigenvalue weighted by Crippen LogP contribution is 2.31. The second kappa shape index (κ2) is 6.85. The molecule has 3 unspecified atom stereocenters. The highest BCUT2D eigenvalue weighted by atomic mass is 32.1. The maximum absolute atomic E-state index is 12.3. The third kappa shape index (κ3) is 3.44. The van der Waals surface area contributed by atoms with Gasteiger partial charge in [0.2, 0.25) is 0 Å². The molecule has 0 aromatic carbocycles. The van der Waals surface area contributed by atoms with Crippen LogP contribution in [0.15, 0.2) is 5.38 Å². The van der Waals surface area contributed by atoms with Gasteiger partial charge in [0.25, 0.3) is 5.91 Å². The van der Waals surface area contributed by atoms with Crippen molar-refractivity contribution in [3.8, 4) is 0 Å². The van der Waals surface area contributed by atoms with Gasteiger partial charge >= 0.3 is 0 Å². The number of thiazole rings is 1. The Morgan fingerprint density at radius 3 is 3.00 bits per heavy atom. The topological polar surface area (TPSA) is 71.5 Å². The maximum atomic E-state index is 12.3. The number of hydrogen-bond donors (Lipinski definition) is 2. The number of aliphatic hydroxyl groups excluding tert-OH is 1. The molecule has 1 amide bonds. The van der Waals surface area contributed by atoms with Crippen LogP contribution in [0.25, 0.3) is 0 Å². The fourth-order valence-corrected chi connectivity index (χ4v) is 4.05. The molecule has 2 heterocycles. The van der Waals surface area contributed by atoms with E-state index in [-0.39, 0.29) is 30.6 Å². The first-order valence-corrected chi connectivity index (χ1v) is 8.64. The SMILES string of the molecule is O=C(NC1CCCCC1CO)c1csc(C2CCCO2)n1. The van der Waals surface area contributed by atoms with Gasteiger partial charge in [0.15, 0.2) is 0 Å². The van der Waals surface area contributed by atoms with Crippen LogP contribution < -0.4 is 5.32 Å². The summed E-state index contributed by atoms with van der Waals surface area (Å²) in [4.78, 5) is 16.7. The van der Waals surface area contributed by atoms with Gasteiger partial charge in [-0.15, -0.1) is 11.3 Å². The van der Waals surface area contributed by atoms with E-state index in [0.717, 1.165) is 50.1 Å². The van der Waals surface area contributed by atoms with Crippen LogP contribution in [0.3, 0.4) is 0 Å². The third-order valence-corrected chi connectivity index (χ3v) is 5.36. The fourth-order valence-electron chi connectivity index (χ4n) is 3.17. The molecule has 1 aliphatic heterocycles. The predicted octanol–water partition coefficient (Wildman–Crippen LogP) is 2.28. The number of nitrogens with zero attached hydrogens (tertiary/aromatic N) is 1. The molecule has 2 fully saturated rings. The van der Waals surface area contributed by atoms with Gasteiger partial charge in [-0.3, -0.25) is 4.79 Å². The molecule has 21 heavy (non-hydrogen) atoms. The Bertz CT molecular complexity index is 485. The van der Waals surface area contributed by atoms with Gasteiger partial charge in [0.1, 0.15) is 16.8 Å². The molecular weight excluding hydrogens is 288 g/mol. The summed E-state index contributed by atoms with van der Waals surface area (Å²) in [5.74, 6) is 0.0554. The molecule has 2 aliphatic rings. The first kappa shape index (κ1) is 14.9. The summed E-state index contributed by atoms with van der Waals surface area (Å²) in [6, 6.07) is 0.0733. The molecule has 1 saturated carbocycles. The number of hydrogen-bond acceptors (Lipinski definition) is 5. The molecule has 1 saturated heterocycles. The lowest BCUT2D eigenvalue weighted by atomic mass is 9.85. The summed E-state index contributed by atoms with van der Waals surface area (Å²) >= 11 is 1.50. The average Bonchev–Trinajstić information content (AvgIpc) is 3.18. The van der Waals surface area contributed by atoms with Crippen molar-refractivity contribution in [2.75, 3.05) is 13.2 Å². The van der Waals surface area contributed by atoms with Crippen LogP contribution in [0, 0.1) is 5.92 Å². The number of carbonyl (C=O) groups is 1. The molecule has 1 aromatic heterocycles. The van der Waals surface area contributed by atoms with Crippen LogP contribution in [0.5, 0.6) is 0 Å². The minimum absolute atomic E-state index is 0.0661. The third-order valence-electron chi connectivity index (χ3n) is 4.42. The fraction of sp³-hybridized carbons (Fsp3) is 0.733. The number of amides is 1. The molecule has 3 atom stereocenters. The Kier molecular flexibility index (Phi) is 4.87. The largest absolute Gasteiger partial charge is 0.396 e. The standard InChI is InChI=1S/C15H22N2O3S/c18-8-10-4-1-2-5-11(10)16-14(19)12-9-21-15(17-12)13-6-3-7-20-13/h9-11,13,18H,1-8H2,(H,16,19). The van der Waals surface area contributed by atoms with Crippen LogP contribution in [-0.2, 0) is 4.74 Å². The highest BCUT2D eigenvalue weighted by Gasteiger charge is 2.27. The van der Waals surface area contributed by atoms with Crippen LogP contribution >= 0.6 is 11.3 Å². The highest BCUT2D eigenvalue weighted by molar-refractivity contribution is 7.09. The van der Waals surface area contributed by atoms with E-state index < -0.39 is 0 Å². The lowest BCUT2D eigenvalue weighted by Crippen LogP contribution is -2.43. The van der Waals surface area contributed by atoms with Gasteiger partial charge in [0.05, 0.1) is 0 Å². The molecule has 0 bridgehead atoms. The number of aromatic nitrogens is 1. The zero-order valence-electron chi connectivity index (χ0n) is 12.1. The lowest BCUT2D eigenvalue weighted by Gasteiger charge is -2.30. The van der Waals surface area contributed by atoms with E-state index in [1.54, 1.807) is 0 Å². The van der Waals surface area contributed by atoms with Crippen molar-refractivity contribution in [1.29, 1.82) is 0 Å². The van der Waals surface area contributed by atoms with Crippen molar-refractivity contribution >= 4 is 17.2 Å². The molecule has 2 N–H and O–H groups in total.